The molecule has 0 aliphatic carbocycles. The molecule has 0 radical (unpaired) electrons. The van der Waals surface area contributed by atoms with Gasteiger partial charge in [0, 0.05) is 32.9 Å². The molecule has 0 atom stereocenters. The van der Waals surface area contributed by atoms with Gasteiger partial charge in [0.1, 0.15) is 0 Å². The molecule has 2 aromatic heterocycles. The first-order chi connectivity index (χ1) is 23.8. The lowest BCUT2D eigenvalue weighted by Gasteiger charge is -2.11. The van der Waals surface area contributed by atoms with Gasteiger partial charge in [-0.3, -0.25) is 0 Å². The first kappa shape index (κ1) is 26.8. The zero-order valence-corrected chi connectivity index (χ0v) is 26.2. The van der Waals surface area contributed by atoms with Crippen LogP contribution in [0.1, 0.15) is 0 Å². The van der Waals surface area contributed by atoms with Crippen LogP contribution in [0.5, 0.6) is 0 Å². The van der Waals surface area contributed by atoms with E-state index in [0.717, 1.165) is 5.69 Å². The Labute approximate surface area is 278 Å². The van der Waals surface area contributed by atoms with Gasteiger partial charge in [0.15, 0.2) is 0 Å². The number of hydrogen-bond donors (Lipinski definition) is 0. The minimum atomic E-state index is 1.16. The maximum Gasteiger partial charge on any atom is 0.0548 e. The third-order valence-corrected chi connectivity index (χ3v) is 9.91. The summed E-state index contributed by atoms with van der Waals surface area (Å²) in [6.07, 6.45) is 0. The number of nitrogens with zero attached hydrogens (tertiary/aromatic N) is 2. The molecule has 0 bridgehead atoms. The second kappa shape index (κ2) is 10.6. The van der Waals surface area contributed by atoms with Crippen LogP contribution < -0.4 is 0 Å². The van der Waals surface area contributed by atoms with Crippen molar-refractivity contribution in [3.8, 4) is 33.6 Å². The molecule has 0 aliphatic rings. The van der Waals surface area contributed by atoms with Crippen molar-refractivity contribution in [3.63, 3.8) is 0 Å². The fourth-order valence-electron chi connectivity index (χ4n) is 7.68. The largest absolute Gasteiger partial charge is 0.309 e. The Kier molecular flexibility index (Phi) is 5.91. The van der Waals surface area contributed by atoms with Crippen LogP contribution in [0, 0.1) is 0 Å². The molecule has 0 spiro atoms. The predicted molar refractivity (Wildman–Crippen MR) is 203 cm³/mol. The molecule has 2 heteroatoms. The third kappa shape index (κ3) is 4.06. The second-order valence-corrected chi connectivity index (χ2v) is 12.6. The van der Waals surface area contributed by atoms with Crippen molar-refractivity contribution in [2.75, 3.05) is 0 Å². The van der Waals surface area contributed by atoms with Gasteiger partial charge in [-0.2, -0.15) is 0 Å². The van der Waals surface area contributed by atoms with Gasteiger partial charge in [0.25, 0.3) is 0 Å². The van der Waals surface area contributed by atoms with E-state index in [1.54, 1.807) is 0 Å². The summed E-state index contributed by atoms with van der Waals surface area (Å²) in [5, 5.41) is 7.61. The van der Waals surface area contributed by atoms with Gasteiger partial charge >= 0.3 is 0 Å². The van der Waals surface area contributed by atoms with Crippen molar-refractivity contribution in [1.29, 1.82) is 0 Å². The highest BCUT2D eigenvalue weighted by molar-refractivity contribution is 6.29. The van der Waals surface area contributed by atoms with Crippen LogP contribution in [-0.2, 0) is 0 Å². The molecule has 0 aliphatic heterocycles. The lowest BCUT2D eigenvalue weighted by atomic mass is 10.0. The molecule has 0 saturated heterocycles. The quantitative estimate of drug-likeness (QED) is 0.188. The SMILES string of the molecule is c1ccc(-c2ccc(-c3ccc(-n4c5ccccc5c5c6c7ccccc7n(-c7ccc8ccccc8c7)c6ccc54)cc3)cc2)cc1. The van der Waals surface area contributed by atoms with E-state index in [1.807, 2.05) is 0 Å². The smallest absolute Gasteiger partial charge is 0.0548 e. The van der Waals surface area contributed by atoms with Crippen LogP contribution in [-0.4, -0.2) is 9.13 Å². The van der Waals surface area contributed by atoms with Crippen molar-refractivity contribution in [2.24, 2.45) is 0 Å². The molecule has 48 heavy (non-hydrogen) atoms. The first-order valence-corrected chi connectivity index (χ1v) is 16.5. The Morgan fingerprint density at radius 1 is 0.271 bits per heavy atom. The molecular weight excluding hydrogens is 581 g/mol. The van der Waals surface area contributed by atoms with Crippen LogP contribution in [0.3, 0.4) is 0 Å². The summed E-state index contributed by atoms with van der Waals surface area (Å²) in [7, 11) is 0. The normalized spacial score (nSPS) is 11.8. The van der Waals surface area contributed by atoms with Gasteiger partial charge < -0.3 is 9.13 Å². The van der Waals surface area contributed by atoms with E-state index < -0.39 is 0 Å². The number of hydrogen-bond acceptors (Lipinski definition) is 0. The van der Waals surface area contributed by atoms with Crippen molar-refractivity contribution >= 4 is 54.4 Å². The van der Waals surface area contributed by atoms with Crippen LogP contribution >= 0.6 is 0 Å². The van der Waals surface area contributed by atoms with Crippen LogP contribution in [0.2, 0.25) is 0 Å². The maximum atomic E-state index is 2.43. The standard InChI is InChI=1S/C46H30N2/c1-2-10-31(11-3-1)33-18-20-34(21-19-33)35-22-25-37(26-23-35)47-41-16-8-6-14-39(41)45-43(47)28-29-44-46(45)40-15-7-9-17-42(40)48(44)38-27-24-32-12-4-5-13-36(32)30-38/h1-30H. The molecule has 2 heterocycles. The van der Waals surface area contributed by atoms with Crippen LogP contribution in [0.4, 0.5) is 0 Å². The number of aromatic nitrogens is 2. The Bertz CT molecular complexity index is 2800. The Hall–Kier alpha value is -6.38. The number of para-hydroxylation sites is 2. The molecule has 10 aromatic rings. The van der Waals surface area contributed by atoms with Gasteiger partial charge in [-0.25, -0.2) is 0 Å². The summed E-state index contributed by atoms with van der Waals surface area (Å²) in [5.74, 6) is 0. The Balaban J connectivity index is 1.15. The number of rotatable bonds is 4. The van der Waals surface area contributed by atoms with Gasteiger partial charge in [-0.1, -0.05) is 133 Å². The monoisotopic (exact) mass is 610 g/mol. The molecule has 224 valence electrons. The van der Waals surface area contributed by atoms with E-state index in [4.69, 9.17) is 0 Å². The molecular formula is C46H30N2. The van der Waals surface area contributed by atoms with E-state index >= 15 is 0 Å². The lowest BCUT2D eigenvalue weighted by Crippen LogP contribution is -1.95. The summed E-state index contributed by atoms with van der Waals surface area (Å²) in [4.78, 5) is 0. The van der Waals surface area contributed by atoms with Crippen LogP contribution in [0.25, 0.3) is 88.0 Å². The predicted octanol–water partition coefficient (Wildman–Crippen LogP) is 12.4. The van der Waals surface area contributed by atoms with E-state index in [-0.39, 0.29) is 0 Å². The van der Waals surface area contributed by atoms with Crippen molar-refractivity contribution in [1.82, 2.24) is 9.13 Å². The molecule has 0 N–H and O–H groups in total. The van der Waals surface area contributed by atoms with Gasteiger partial charge in [0.2, 0.25) is 0 Å². The zero-order valence-electron chi connectivity index (χ0n) is 26.2. The van der Waals surface area contributed by atoms with Crippen molar-refractivity contribution in [3.05, 3.63) is 182 Å². The summed E-state index contributed by atoms with van der Waals surface area (Å²) < 4.78 is 4.86. The van der Waals surface area contributed by atoms with E-state index in [1.165, 1.54) is 82.3 Å². The van der Waals surface area contributed by atoms with E-state index in [0.29, 0.717) is 0 Å². The van der Waals surface area contributed by atoms with Gasteiger partial charge in [-0.15, -0.1) is 0 Å². The minimum absolute atomic E-state index is 1.16. The Morgan fingerprint density at radius 3 is 1.31 bits per heavy atom. The summed E-state index contributed by atoms with van der Waals surface area (Å²) >= 11 is 0. The number of fused-ring (bicyclic) bond motifs is 8. The molecule has 0 saturated carbocycles. The number of benzene rings is 8. The second-order valence-electron chi connectivity index (χ2n) is 12.6. The van der Waals surface area contributed by atoms with Gasteiger partial charge in [-0.05, 0) is 81.6 Å². The lowest BCUT2D eigenvalue weighted by molar-refractivity contribution is 1.17. The molecule has 2 nitrogen and oxygen atoms in total. The molecule has 0 amide bonds. The highest BCUT2D eigenvalue weighted by atomic mass is 15.0. The molecule has 0 unspecified atom stereocenters. The molecule has 10 rings (SSSR count). The van der Waals surface area contributed by atoms with E-state index in [9.17, 15) is 0 Å². The third-order valence-electron chi connectivity index (χ3n) is 9.91. The summed E-state index contributed by atoms with van der Waals surface area (Å²) in [6, 6.07) is 66.1. The summed E-state index contributed by atoms with van der Waals surface area (Å²) in [5.41, 5.74) is 12.1. The average molecular weight is 611 g/mol. The van der Waals surface area contributed by atoms with E-state index in [2.05, 4.69) is 191 Å². The van der Waals surface area contributed by atoms with Crippen LogP contribution in [0.15, 0.2) is 182 Å². The Morgan fingerprint density at radius 2 is 0.708 bits per heavy atom. The van der Waals surface area contributed by atoms with Gasteiger partial charge in [0.05, 0.1) is 22.1 Å². The zero-order chi connectivity index (χ0) is 31.6. The molecule has 8 aromatic carbocycles. The molecule has 0 fully saturated rings. The summed E-state index contributed by atoms with van der Waals surface area (Å²) in [6.45, 7) is 0. The fraction of sp³-hybridized carbons (Fsp3) is 0. The minimum Gasteiger partial charge on any atom is -0.309 e. The highest BCUT2D eigenvalue weighted by Gasteiger charge is 2.20. The first-order valence-electron chi connectivity index (χ1n) is 16.5. The van der Waals surface area contributed by atoms with Crippen molar-refractivity contribution in [2.45, 2.75) is 0 Å². The fourth-order valence-corrected chi connectivity index (χ4v) is 7.68. The highest BCUT2D eigenvalue weighted by Crippen LogP contribution is 2.42. The van der Waals surface area contributed by atoms with Crippen molar-refractivity contribution < 1.29 is 0 Å². The topological polar surface area (TPSA) is 9.86 Å². The maximum absolute atomic E-state index is 2.43. The average Bonchev–Trinajstić information content (AvgIpc) is 3.68.